The molecule has 0 atom stereocenters. The number of rotatable bonds is 9. The summed E-state index contributed by atoms with van der Waals surface area (Å²) in [4.78, 5) is 0. The number of benzene rings is 3. The molecule has 39 heavy (non-hydrogen) atoms. The minimum Gasteiger partial charge on any atom is -0.0997 e. The third-order valence-corrected chi connectivity index (χ3v) is 12.2. The molecule has 0 saturated carbocycles. The summed E-state index contributed by atoms with van der Waals surface area (Å²) < 4.78 is -0.845. The molecule has 0 nitrogen and oxygen atoms in total. The van der Waals surface area contributed by atoms with Gasteiger partial charge in [0.1, 0.15) is 0 Å². The second-order valence-electron chi connectivity index (χ2n) is 13.1. The van der Waals surface area contributed by atoms with Crippen LogP contribution in [0.15, 0.2) is 42.5 Å². The van der Waals surface area contributed by atoms with E-state index in [1.54, 1.807) is 5.19 Å². The average molecular weight is 764 g/mol. The zero-order chi connectivity index (χ0) is 29.3. The van der Waals surface area contributed by atoms with Crippen molar-refractivity contribution in [3.63, 3.8) is 0 Å². The van der Waals surface area contributed by atoms with E-state index in [0.717, 1.165) is 0 Å². The molecule has 0 fully saturated rings. The molecule has 0 N–H and O–H groups in total. The van der Waals surface area contributed by atoms with Gasteiger partial charge < -0.3 is 0 Å². The standard InChI is InChI=1S/C36H49I2Si/c1-20(2)26-16-30(22(5)6)34(31(17-26)23(7)8)28-14-13-15-29(36(28)39(37)38)35-32(24(9)10)18-27(21(3)4)19-33(35)25(11)12/h13-25H,1-12H3. The Balaban J connectivity index is 2.54. The number of hydrogen-bond donors (Lipinski definition) is 0. The summed E-state index contributed by atoms with van der Waals surface area (Å²) >= 11 is 5.51. The molecule has 0 aliphatic rings. The van der Waals surface area contributed by atoms with Crippen molar-refractivity contribution in [2.45, 2.75) is 119 Å². The summed E-state index contributed by atoms with van der Waals surface area (Å²) in [5.41, 5.74) is 14.9. The van der Waals surface area contributed by atoms with E-state index in [9.17, 15) is 0 Å². The summed E-state index contributed by atoms with van der Waals surface area (Å²) in [6, 6.07) is 17.2. The number of halogens is 2. The molecule has 0 aromatic heterocycles. The largest absolute Gasteiger partial charge is 0.239 e. The molecule has 1 radical (unpaired) electrons. The van der Waals surface area contributed by atoms with Crippen molar-refractivity contribution < 1.29 is 0 Å². The van der Waals surface area contributed by atoms with Gasteiger partial charge in [-0.2, -0.15) is 0 Å². The maximum Gasteiger partial charge on any atom is 0.239 e. The third kappa shape index (κ3) is 7.05. The first-order valence-corrected chi connectivity index (χ1v) is 22.6. The Morgan fingerprint density at radius 2 is 0.744 bits per heavy atom. The van der Waals surface area contributed by atoms with Gasteiger partial charge in [-0.25, -0.2) is 0 Å². The second kappa shape index (κ2) is 13.5. The van der Waals surface area contributed by atoms with Gasteiger partial charge in [-0.15, -0.1) is 0 Å². The minimum atomic E-state index is -0.845. The van der Waals surface area contributed by atoms with Crippen LogP contribution in [-0.2, 0) is 0 Å². The quantitative estimate of drug-likeness (QED) is 0.116. The Morgan fingerprint density at radius 1 is 0.462 bits per heavy atom. The molecular formula is C36H49I2Si. The first kappa shape index (κ1) is 32.8. The van der Waals surface area contributed by atoms with E-state index in [2.05, 4.69) is 169 Å². The molecule has 3 rings (SSSR count). The van der Waals surface area contributed by atoms with Crippen molar-refractivity contribution >= 4 is 52.6 Å². The fourth-order valence-corrected chi connectivity index (χ4v) is 10.0. The van der Waals surface area contributed by atoms with Crippen LogP contribution in [0.2, 0.25) is 0 Å². The lowest BCUT2D eigenvalue weighted by Crippen LogP contribution is -2.25. The number of hydrogen-bond acceptors (Lipinski definition) is 0. The molecule has 3 aromatic carbocycles. The molecular weight excluding hydrogens is 714 g/mol. The van der Waals surface area contributed by atoms with Gasteiger partial charge in [0.2, 0.25) is 3.79 Å². The lowest BCUT2D eigenvalue weighted by molar-refractivity contribution is 0.807. The molecule has 0 amide bonds. The van der Waals surface area contributed by atoms with Gasteiger partial charge in [-0.3, -0.25) is 0 Å². The van der Waals surface area contributed by atoms with Crippen LogP contribution in [0.1, 0.15) is 152 Å². The first-order chi connectivity index (χ1) is 18.2. The van der Waals surface area contributed by atoms with Crippen LogP contribution in [0.25, 0.3) is 22.3 Å². The van der Waals surface area contributed by atoms with E-state index >= 15 is 0 Å². The molecule has 0 bridgehead atoms. The zero-order valence-electron chi connectivity index (χ0n) is 26.3. The molecule has 3 heteroatoms. The van der Waals surface area contributed by atoms with Crippen molar-refractivity contribution in [2.75, 3.05) is 0 Å². The van der Waals surface area contributed by atoms with E-state index in [1.807, 2.05) is 0 Å². The van der Waals surface area contributed by atoms with Gasteiger partial charge in [0.15, 0.2) is 0 Å². The minimum absolute atomic E-state index is 0.467. The molecule has 0 unspecified atom stereocenters. The van der Waals surface area contributed by atoms with Crippen molar-refractivity contribution in [3.8, 4) is 22.3 Å². The average Bonchev–Trinajstić information content (AvgIpc) is 2.86. The Labute approximate surface area is 267 Å². The highest BCUT2D eigenvalue weighted by molar-refractivity contribution is 14.3. The SMILES string of the molecule is CC(C)c1cc(C(C)C)c(-c2cccc(-c3c(C(C)C)cc(C(C)C)cc3C(C)C)c2[Si](I)I)c(C(C)C)c1. The van der Waals surface area contributed by atoms with Crippen molar-refractivity contribution in [1.82, 2.24) is 0 Å². The molecule has 0 spiro atoms. The fraction of sp³-hybridized carbons (Fsp3) is 0.500. The van der Waals surface area contributed by atoms with Gasteiger partial charge in [0.05, 0.1) is 0 Å². The Morgan fingerprint density at radius 3 is 0.949 bits per heavy atom. The predicted octanol–water partition coefficient (Wildman–Crippen LogP) is 12.3. The third-order valence-electron chi connectivity index (χ3n) is 8.06. The summed E-state index contributed by atoms with van der Waals surface area (Å²) in [6.45, 7) is 28.3. The van der Waals surface area contributed by atoms with E-state index in [4.69, 9.17) is 0 Å². The topological polar surface area (TPSA) is 0 Å². The molecule has 0 aliphatic carbocycles. The highest BCUT2D eigenvalue weighted by Gasteiger charge is 2.28. The summed E-state index contributed by atoms with van der Waals surface area (Å²) in [7, 11) is 0. The molecule has 211 valence electrons. The monoisotopic (exact) mass is 763 g/mol. The van der Waals surface area contributed by atoms with Gasteiger partial charge in [-0.05, 0) is 96.3 Å². The van der Waals surface area contributed by atoms with Crippen LogP contribution < -0.4 is 5.19 Å². The Bertz CT molecular complexity index is 1140. The highest BCUT2D eigenvalue weighted by Crippen LogP contribution is 2.43. The summed E-state index contributed by atoms with van der Waals surface area (Å²) in [5, 5.41) is 1.57. The maximum absolute atomic E-state index is 2.75. The van der Waals surface area contributed by atoms with Gasteiger partial charge in [-0.1, -0.05) is 169 Å². The van der Waals surface area contributed by atoms with Crippen LogP contribution in [0.3, 0.4) is 0 Å². The summed E-state index contributed by atoms with van der Waals surface area (Å²) in [5.74, 6) is 2.92. The van der Waals surface area contributed by atoms with Crippen molar-refractivity contribution in [3.05, 3.63) is 75.8 Å². The zero-order valence-corrected chi connectivity index (χ0v) is 31.6. The normalized spacial score (nSPS) is 12.4. The fourth-order valence-electron chi connectivity index (χ4n) is 5.71. The van der Waals surface area contributed by atoms with Crippen LogP contribution in [-0.4, -0.2) is 3.79 Å². The Kier molecular flexibility index (Phi) is 11.4. The van der Waals surface area contributed by atoms with Crippen LogP contribution in [0, 0.1) is 0 Å². The first-order valence-electron chi connectivity index (χ1n) is 14.8. The predicted molar refractivity (Wildman–Crippen MR) is 195 cm³/mol. The Hall–Kier alpha value is -0.663. The molecule has 0 heterocycles. The van der Waals surface area contributed by atoms with Gasteiger partial charge in [0, 0.05) is 0 Å². The van der Waals surface area contributed by atoms with Crippen LogP contribution in [0.4, 0.5) is 0 Å². The van der Waals surface area contributed by atoms with Crippen molar-refractivity contribution in [2.24, 2.45) is 0 Å². The van der Waals surface area contributed by atoms with Crippen molar-refractivity contribution in [1.29, 1.82) is 0 Å². The second-order valence-corrected chi connectivity index (χ2v) is 26.8. The van der Waals surface area contributed by atoms with E-state index < -0.39 is 3.79 Å². The lowest BCUT2D eigenvalue weighted by atomic mass is 9.79. The van der Waals surface area contributed by atoms with E-state index in [0.29, 0.717) is 35.5 Å². The van der Waals surface area contributed by atoms with Crippen LogP contribution >= 0.6 is 43.6 Å². The maximum atomic E-state index is 2.75. The molecule has 0 saturated heterocycles. The van der Waals surface area contributed by atoms with E-state index in [1.165, 1.54) is 55.6 Å². The van der Waals surface area contributed by atoms with E-state index in [-0.39, 0.29) is 0 Å². The van der Waals surface area contributed by atoms with Gasteiger partial charge >= 0.3 is 0 Å². The highest BCUT2D eigenvalue weighted by atomic mass is 127. The smallest absolute Gasteiger partial charge is 0.0997 e. The molecule has 0 aliphatic heterocycles. The lowest BCUT2D eigenvalue weighted by Gasteiger charge is -2.28. The summed E-state index contributed by atoms with van der Waals surface area (Å²) in [6.07, 6.45) is 0. The van der Waals surface area contributed by atoms with Crippen LogP contribution in [0.5, 0.6) is 0 Å². The molecule has 3 aromatic rings. The van der Waals surface area contributed by atoms with Gasteiger partial charge in [0.25, 0.3) is 0 Å².